The minimum atomic E-state index is 1.17. The maximum atomic E-state index is 3.73. The van der Waals surface area contributed by atoms with E-state index in [9.17, 15) is 0 Å². The highest BCUT2D eigenvalue weighted by atomic mass is 14.7. The molecule has 1 heteroatoms. The Hall–Kier alpha value is -1.50. The van der Waals surface area contributed by atoms with Crippen molar-refractivity contribution >= 4 is 17.0 Å². The van der Waals surface area contributed by atoms with Crippen LogP contribution in [0.3, 0.4) is 0 Å². The van der Waals surface area contributed by atoms with Crippen LogP contribution in [0.25, 0.3) is 17.0 Å². The lowest BCUT2D eigenvalue weighted by molar-refractivity contribution is 1.47. The number of H-pyrrole nitrogens is 1. The molecule has 0 bridgehead atoms. The molecule has 1 N–H and O–H groups in total. The number of rotatable bonds is 1. The van der Waals surface area contributed by atoms with Gasteiger partial charge < -0.3 is 4.98 Å². The van der Waals surface area contributed by atoms with Crippen molar-refractivity contribution in [3.05, 3.63) is 42.6 Å². The summed E-state index contributed by atoms with van der Waals surface area (Å²) >= 11 is 0. The van der Waals surface area contributed by atoms with E-state index in [0.29, 0.717) is 0 Å². The van der Waals surface area contributed by atoms with Gasteiger partial charge in [0.15, 0.2) is 0 Å². The zero-order valence-corrected chi connectivity index (χ0v) is 8.17. The summed E-state index contributed by atoms with van der Waals surface area (Å²) < 4.78 is 0. The van der Waals surface area contributed by atoms with E-state index in [2.05, 4.69) is 23.7 Å². The fourth-order valence-corrected chi connectivity index (χ4v) is 1.26. The molecule has 0 unspecified atom stereocenters. The molecule has 0 saturated carbocycles. The number of hydrogen-bond donors (Lipinski definition) is 1. The van der Waals surface area contributed by atoms with Crippen molar-refractivity contribution in [3.8, 4) is 0 Å². The maximum Gasteiger partial charge on any atom is 0.0460 e. The van der Waals surface area contributed by atoms with Crippen LogP contribution in [-0.2, 0) is 0 Å². The molecule has 0 aliphatic carbocycles. The van der Waals surface area contributed by atoms with Gasteiger partial charge in [0.2, 0.25) is 0 Å². The molecule has 0 radical (unpaired) electrons. The van der Waals surface area contributed by atoms with Gasteiger partial charge in [0.05, 0.1) is 0 Å². The Kier molecular flexibility index (Phi) is 3.32. The fraction of sp³-hybridized carbons (Fsp3) is 0.167. The molecule has 0 aliphatic heterocycles. The summed E-state index contributed by atoms with van der Waals surface area (Å²) in [4.78, 5) is 3.17. The van der Waals surface area contributed by atoms with E-state index in [1.807, 2.05) is 38.3 Å². The first kappa shape index (κ1) is 9.59. The van der Waals surface area contributed by atoms with Crippen molar-refractivity contribution in [1.82, 2.24) is 4.98 Å². The average Bonchev–Trinajstić information content (AvgIpc) is 2.64. The number of fused-ring (bicyclic) bond motifs is 1. The van der Waals surface area contributed by atoms with E-state index < -0.39 is 0 Å². The highest BCUT2D eigenvalue weighted by Crippen LogP contribution is 2.17. The van der Waals surface area contributed by atoms with Gasteiger partial charge in [0.1, 0.15) is 0 Å². The highest BCUT2D eigenvalue weighted by Gasteiger charge is 1.96. The first-order valence-corrected chi connectivity index (χ1v) is 4.60. The minimum absolute atomic E-state index is 1.17. The van der Waals surface area contributed by atoms with Crippen LogP contribution in [-0.4, -0.2) is 4.98 Å². The van der Waals surface area contributed by atoms with Crippen LogP contribution in [0, 0.1) is 0 Å². The van der Waals surface area contributed by atoms with Crippen LogP contribution >= 0.6 is 0 Å². The molecular formula is C12H15N. The van der Waals surface area contributed by atoms with Crippen molar-refractivity contribution in [1.29, 1.82) is 0 Å². The van der Waals surface area contributed by atoms with E-state index in [1.54, 1.807) is 0 Å². The molecule has 13 heavy (non-hydrogen) atoms. The predicted octanol–water partition coefficient (Wildman–Crippen LogP) is 3.84. The van der Waals surface area contributed by atoms with E-state index >= 15 is 0 Å². The fourth-order valence-electron chi connectivity index (χ4n) is 1.26. The van der Waals surface area contributed by atoms with Crippen molar-refractivity contribution in [3.63, 3.8) is 0 Å². The molecule has 68 valence electrons. The summed E-state index contributed by atoms with van der Waals surface area (Å²) in [5, 5.41) is 1.24. The summed E-state index contributed by atoms with van der Waals surface area (Å²) in [6.07, 6.45) is 3.83. The van der Waals surface area contributed by atoms with Gasteiger partial charge in [-0.2, -0.15) is 0 Å². The summed E-state index contributed by atoms with van der Waals surface area (Å²) in [5.74, 6) is 0. The standard InChI is InChI=1S/C10H9N.C2H6/c1-2-8-7-11-10-6-4-3-5-9(8)10;1-2/h2-7,11H,1H2;1-2H3. The zero-order chi connectivity index (χ0) is 9.68. The molecule has 0 saturated heterocycles. The Bertz CT molecular complexity index is 385. The van der Waals surface area contributed by atoms with Crippen molar-refractivity contribution in [2.45, 2.75) is 13.8 Å². The normalized spacial score (nSPS) is 9.08. The largest absolute Gasteiger partial charge is 0.361 e. The van der Waals surface area contributed by atoms with E-state index in [4.69, 9.17) is 0 Å². The summed E-state index contributed by atoms with van der Waals surface area (Å²) in [6, 6.07) is 8.19. The van der Waals surface area contributed by atoms with E-state index in [0.717, 1.165) is 0 Å². The molecule has 1 aromatic heterocycles. The van der Waals surface area contributed by atoms with E-state index in [-0.39, 0.29) is 0 Å². The van der Waals surface area contributed by atoms with Gasteiger partial charge in [0.25, 0.3) is 0 Å². The molecule has 0 fully saturated rings. The first-order chi connectivity index (χ1) is 6.42. The Morgan fingerprint density at radius 1 is 1.23 bits per heavy atom. The van der Waals surface area contributed by atoms with Crippen LogP contribution in [0.5, 0.6) is 0 Å². The van der Waals surface area contributed by atoms with Gasteiger partial charge in [-0.1, -0.05) is 44.7 Å². The summed E-state index contributed by atoms with van der Waals surface area (Å²) in [6.45, 7) is 7.73. The lowest BCUT2D eigenvalue weighted by atomic mass is 10.2. The second-order valence-electron chi connectivity index (χ2n) is 2.49. The monoisotopic (exact) mass is 173 g/mol. The summed E-state index contributed by atoms with van der Waals surface area (Å²) in [5.41, 5.74) is 2.34. The molecule has 0 aliphatic rings. The van der Waals surface area contributed by atoms with Gasteiger partial charge in [-0.15, -0.1) is 0 Å². The number of aromatic amines is 1. The third-order valence-electron chi connectivity index (χ3n) is 1.84. The topological polar surface area (TPSA) is 15.8 Å². The Balaban J connectivity index is 0.000000396. The molecule has 2 rings (SSSR count). The van der Waals surface area contributed by atoms with Gasteiger partial charge >= 0.3 is 0 Å². The third-order valence-corrected chi connectivity index (χ3v) is 1.84. The second-order valence-corrected chi connectivity index (χ2v) is 2.49. The smallest absolute Gasteiger partial charge is 0.0460 e. The first-order valence-electron chi connectivity index (χ1n) is 4.60. The number of nitrogens with one attached hydrogen (secondary N) is 1. The number of para-hydroxylation sites is 1. The van der Waals surface area contributed by atoms with Crippen LogP contribution < -0.4 is 0 Å². The van der Waals surface area contributed by atoms with Gasteiger partial charge in [-0.3, -0.25) is 0 Å². The molecule has 0 spiro atoms. The predicted molar refractivity (Wildman–Crippen MR) is 59.7 cm³/mol. The second kappa shape index (κ2) is 4.51. The maximum absolute atomic E-state index is 3.73. The van der Waals surface area contributed by atoms with Crippen molar-refractivity contribution in [2.24, 2.45) is 0 Å². The number of benzene rings is 1. The Labute approximate surface area is 79.1 Å². The zero-order valence-electron chi connectivity index (χ0n) is 8.17. The van der Waals surface area contributed by atoms with E-state index in [1.165, 1.54) is 16.5 Å². The van der Waals surface area contributed by atoms with Crippen LogP contribution in [0.1, 0.15) is 19.4 Å². The van der Waals surface area contributed by atoms with Gasteiger partial charge in [-0.25, -0.2) is 0 Å². The molecule has 2 aromatic rings. The highest BCUT2D eigenvalue weighted by molar-refractivity contribution is 5.88. The van der Waals surface area contributed by atoms with Crippen LogP contribution in [0.15, 0.2) is 37.0 Å². The molecule has 1 aromatic carbocycles. The van der Waals surface area contributed by atoms with Crippen molar-refractivity contribution in [2.75, 3.05) is 0 Å². The number of hydrogen-bond acceptors (Lipinski definition) is 0. The molecule has 0 atom stereocenters. The van der Waals surface area contributed by atoms with Gasteiger partial charge in [-0.05, 0) is 11.6 Å². The average molecular weight is 173 g/mol. The lowest BCUT2D eigenvalue weighted by Gasteiger charge is -1.87. The molecule has 1 heterocycles. The lowest BCUT2D eigenvalue weighted by Crippen LogP contribution is -1.65. The van der Waals surface area contributed by atoms with Crippen molar-refractivity contribution < 1.29 is 0 Å². The molecular weight excluding hydrogens is 158 g/mol. The van der Waals surface area contributed by atoms with Gasteiger partial charge in [0, 0.05) is 17.1 Å². The Morgan fingerprint density at radius 2 is 1.92 bits per heavy atom. The Morgan fingerprint density at radius 3 is 2.62 bits per heavy atom. The third kappa shape index (κ3) is 1.81. The quantitative estimate of drug-likeness (QED) is 0.674. The number of aromatic nitrogens is 1. The van der Waals surface area contributed by atoms with Crippen LogP contribution in [0.4, 0.5) is 0 Å². The summed E-state index contributed by atoms with van der Waals surface area (Å²) in [7, 11) is 0. The molecule has 0 amide bonds. The SMILES string of the molecule is C=Cc1c[nH]c2ccccc12.CC. The van der Waals surface area contributed by atoms with Crippen LogP contribution in [0.2, 0.25) is 0 Å². The minimum Gasteiger partial charge on any atom is -0.361 e. The molecule has 1 nitrogen and oxygen atoms in total.